The van der Waals surface area contributed by atoms with Crippen LogP contribution in [0.2, 0.25) is 0 Å². The van der Waals surface area contributed by atoms with Crippen LogP contribution in [0.5, 0.6) is 17.2 Å². The Morgan fingerprint density at radius 3 is 2.56 bits per heavy atom. The minimum Gasteiger partial charge on any atom is -0.506 e. The van der Waals surface area contributed by atoms with Crippen LogP contribution < -0.4 is 20.2 Å². The summed E-state index contributed by atoms with van der Waals surface area (Å²) in [6.45, 7) is 0.119. The standard InChI is InChI=1S/C24H17Br2N3O5/c25-17-10-16(22(30)18(26)11-17)12-27-29-24(32)19(28-23(31)15-4-2-1-3-5-15)8-14-6-7-20-21(9-14)34-13-33-20/h1-12,30H,13H2,(H,28,31)(H,29,32)/b19-8+,27-12-. The van der Waals surface area contributed by atoms with Crippen LogP contribution in [0, 0.1) is 0 Å². The zero-order chi connectivity index (χ0) is 24.1. The predicted octanol–water partition coefficient (Wildman–Crippen LogP) is 4.57. The maximum atomic E-state index is 12.9. The van der Waals surface area contributed by atoms with E-state index in [1.165, 1.54) is 12.3 Å². The summed E-state index contributed by atoms with van der Waals surface area (Å²) in [7, 11) is 0. The van der Waals surface area contributed by atoms with Crippen LogP contribution in [0.4, 0.5) is 0 Å². The van der Waals surface area contributed by atoms with Gasteiger partial charge < -0.3 is 19.9 Å². The van der Waals surface area contributed by atoms with Gasteiger partial charge in [0.1, 0.15) is 11.4 Å². The number of hydrazone groups is 1. The highest BCUT2D eigenvalue weighted by Gasteiger charge is 2.17. The van der Waals surface area contributed by atoms with Gasteiger partial charge in [-0.1, -0.05) is 40.2 Å². The summed E-state index contributed by atoms with van der Waals surface area (Å²) < 4.78 is 11.9. The first-order chi connectivity index (χ1) is 16.4. The van der Waals surface area contributed by atoms with Crippen molar-refractivity contribution in [3.8, 4) is 17.2 Å². The molecule has 34 heavy (non-hydrogen) atoms. The Morgan fingerprint density at radius 1 is 1.00 bits per heavy atom. The van der Waals surface area contributed by atoms with Crippen molar-refractivity contribution in [1.82, 2.24) is 10.7 Å². The third-order valence-electron chi connectivity index (χ3n) is 4.66. The lowest BCUT2D eigenvalue weighted by atomic mass is 10.1. The van der Waals surface area contributed by atoms with Crippen molar-refractivity contribution in [3.05, 3.63) is 92.0 Å². The molecule has 0 spiro atoms. The van der Waals surface area contributed by atoms with Crippen LogP contribution in [0.25, 0.3) is 6.08 Å². The van der Waals surface area contributed by atoms with Crippen molar-refractivity contribution in [3.63, 3.8) is 0 Å². The molecule has 1 aliphatic heterocycles. The molecule has 0 fully saturated rings. The van der Waals surface area contributed by atoms with Crippen LogP contribution in [0.3, 0.4) is 0 Å². The van der Waals surface area contributed by atoms with Crippen molar-refractivity contribution >= 4 is 56.0 Å². The highest BCUT2D eigenvalue weighted by molar-refractivity contribution is 9.11. The smallest absolute Gasteiger partial charge is 0.287 e. The minimum absolute atomic E-state index is 0.0327. The lowest BCUT2D eigenvalue weighted by molar-refractivity contribution is -0.117. The van der Waals surface area contributed by atoms with Gasteiger partial charge in [-0.2, -0.15) is 5.10 Å². The highest BCUT2D eigenvalue weighted by Crippen LogP contribution is 2.33. The van der Waals surface area contributed by atoms with Gasteiger partial charge in [0, 0.05) is 15.6 Å². The number of hydrogen-bond acceptors (Lipinski definition) is 6. The minimum atomic E-state index is -0.660. The van der Waals surface area contributed by atoms with Crippen molar-refractivity contribution in [2.45, 2.75) is 0 Å². The van der Waals surface area contributed by atoms with Gasteiger partial charge in [-0.05, 0) is 64.0 Å². The molecule has 0 saturated heterocycles. The number of aromatic hydroxyl groups is 1. The molecule has 2 amide bonds. The number of nitrogens with one attached hydrogen (secondary N) is 2. The second kappa shape index (κ2) is 10.5. The number of rotatable bonds is 6. The molecule has 0 aliphatic carbocycles. The van der Waals surface area contributed by atoms with Gasteiger partial charge in [0.2, 0.25) is 6.79 Å². The number of halogens is 2. The first-order valence-electron chi connectivity index (χ1n) is 9.90. The molecule has 3 aromatic rings. The average Bonchev–Trinajstić information content (AvgIpc) is 3.30. The molecule has 1 aliphatic rings. The maximum absolute atomic E-state index is 12.9. The number of phenols is 1. The van der Waals surface area contributed by atoms with Crippen LogP contribution >= 0.6 is 31.9 Å². The van der Waals surface area contributed by atoms with E-state index >= 15 is 0 Å². The number of phenolic OH excluding ortho intramolecular Hbond substituents is 1. The van der Waals surface area contributed by atoms with Crippen LogP contribution in [0.1, 0.15) is 21.5 Å². The van der Waals surface area contributed by atoms with E-state index in [2.05, 4.69) is 47.7 Å². The van der Waals surface area contributed by atoms with Crippen LogP contribution in [-0.4, -0.2) is 29.9 Å². The number of fused-ring (bicyclic) bond motifs is 1. The van der Waals surface area contributed by atoms with Crippen molar-refractivity contribution in [1.29, 1.82) is 0 Å². The Kier molecular flexibility index (Phi) is 7.29. The molecule has 4 rings (SSSR count). The molecule has 3 N–H and O–H groups in total. The maximum Gasteiger partial charge on any atom is 0.287 e. The molecule has 0 unspecified atom stereocenters. The lowest BCUT2D eigenvalue weighted by Gasteiger charge is -2.10. The predicted molar refractivity (Wildman–Crippen MR) is 134 cm³/mol. The number of benzene rings is 3. The quantitative estimate of drug-likeness (QED) is 0.223. The molecule has 172 valence electrons. The molecule has 0 atom stereocenters. The van der Waals surface area contributed by atoms with Gasteiger partial charge >= 0.3 is 0 Å². The zero-order valence-electron chi connectivity index (χ0n) is 17.4. The fraction of sp³-hybridized carbons (Fsp3) is 0.0417. The normalized spacial score (nSPS) is 12.6. The van der Waals surface area contributed by atoms with Gasteiger partial charge in [0.05, 0.1) is 10.7 Å². The van der Waals surface area contributed by atoms with Crippen LogP contribution in [-0.2, 0) is 4.79 Å². The zero-order valence-corrected chi connectivity index (χ0v) is 20.6. The fourth-order valence-electron chi connectivity index (χ4n) is 3.02. The Hall–Kier alpha value is -3.63. The summed E-state index contributed by atoms with van der Waals surface area (Å²) in [5, 5.41) is 16.7. The molecule has 10 heteroatoms. The molecular weight excluding hydrogens is 570 g/mol. The van der Waals surface area contributed by atoms with E-state index < -0.39 is 11.8 Å². The average molecular weight is 587 g/mol. The fourth-order valence-corrected chi connectivity index (χ4v) is 4.28. The van der Waals surface area contributed by atoms with Crippen molar-refractivity contribution < 1.29 is 24.2 Å². The molecule has 3 aromatic carbocycles. The second-order valence-electron chi connectivity index (χ2n) is 7.02. The van der Waals surface area contributed by atoms with E-state index in [9.17, 15) is 14.7 Å². The topological polar surface area (TPSA) is 109 Å². The Balaban J connectivity index is 1.58. The summed E-state index contributed by atoms with van der Waals surface area (Å²) in [5.74, 6) is -0.0144. The molecule has 0 radical (unpaired) electrons. The Labute approximate surface area is 211 Å². The van der Waals surface area contributed by atoms with Gasteiger partial charge in [0.25, 0.3) is 11.8 Å². The van der Waals surface area contributed by atoms with Crippen molar-refractivity contribution in [2.75, 3.05) is 6.79 Å². The first-order valence-corrected chi connectivity index (χ1v) is 11.5. The Morgan fingerprint density at radius 2 is 1.76 bits per heavy atom. The summed E-state index contributed by atoms with van der Waals surface area (Å²) in [6.07, 6.45) is 2.79. The largest absolute Gasteiger partial charge is 0.506 e. The number of carbonyl (C=O) groups is 2. The number of ether oxygens (including phenoxy) is 2. The third kappa shape index (κ3) is 5.64. The molecule has 0 saturated carbocycles. The monoisotopic (exact) mass is 585 g/mol. The summed E-state index contributed by atoms with van der Waals surface area (Å²) in [5.41, 5.74) is 3.71. The molecule has 0 aromatic heterocycles. The summed E-state index contributed by atoms with van der Waals surface area (Å²) in [4.78, 5) is 25.6. The Bertz CT molecular complexity index is 1310. The van der Waals surface area contributed by atoms with Gasteiger partial charge in [-0.15, -0.1) is 0 Å². The summed E-state index contributed by atoms with van der Waals surface area (Å²) >= 11 is 6.58. The first kappa shape index (κ1) is 23.5. The number of nitrogens with zero attached hydrogens (tertiary/aromatic N) is 1. The second-order valence-corrected chi connectivity index (χ2v) is 8.79. The van der Waals surface area contributed by atoms with Gasteiger partial charge in [-0.3, -0.25) is 9.59 Å². The molecular formula is C24H17Br2N3O5. The number of carbonyl (C=O) groups excluding carboxylic acids is 2. The molecule has 1 heterocycles. The van der Waals surface area contributed by atoms with Gasteiger partial charge in [-0.25, -0.2) is 5.43 Å². The highest BCUT2D eigenvalue weighted by atomic mass is 79.9. The van der Waals surface area contributed by atoms with Gasteiger partial charge in [0.15, 0.2) is 11.5 Å². The SMILES string of the molecule is O=C(N/N=C\c1cc(Br)cc(Br)c1O)/C(=C\c1ccc2c(c1)OCO2)NC(=O)c1ccccc1. The van der Waals surface area contributed by atoms with E-state index in [-0.39, 0.29) is 18.2 Å². The van der Waals surface area contributed by atoms with Crippen molar-refractivity contribution in [2.24, 2.45) is 5.10 Å². The van der Waals surface area contributed by atoms with E-state index in [0.29, 0.717) is 37.1 Å². The number of hydrogen-bond donors (Lipinski definition) is 3. The summed E-state index contributed by atoms with van der Waals surface area (Å²) in [6, 6.07) is 17.0. The van der Waals surface area contributed by atoms with E-state index in [1.807, 2.05) is 0 Å². The van der Waals surface area contributed by atoms with E-state index in [4.69, 9.17) is 9.47 Å². The van der Waals surface area contributed by atoms with E-state index in [1.54, 1.807) is 60.7 Å². The molecule has 8 nitrogen and oxygen atoms in total. The van der Waals surface area contributed by atoms with E-state index in [0.717, 1.165) is 0 Å². The lowest BCUT2D eigenvalue weighted by Crippen LogP contribution is -2.32. The molecule has 0 bridgehead atoms. The third-order valence-corrected chi connectivity index (χ3v) is 5.73. The number of amides is 2. The van der Waals surface area contributed by atoms with Crippen LogP contribution in [0.15, 0.2) is 80.4 Å².